The predicted octanol–water partition coefficient (Wildman–Crippen LogP) is 3.76. The number of nitrogens with one attached hydrogen (secondary N) is 1. The summed E-state index contributed by atoms with van der Waals surface area (Å²) in [7, 11) is 0. The van der Waals surface area contributed by atoms with Crippen LogP contribution >= 0.6 is 0 Å². The van der Waals surface area contributed by atoms with Crippen molar-refractivity contribution in [2.45, 2.75) is 32.3 Å². The van der Waals surface area contributed by atoms with Gasteiger partial charge in [0.1, 0.15) is 5.75 Å². The molecule has 1 aliphatic rings. The van der Waals surface area contributed by atoms with Gasteiger partial charge in [0.25, 0.3) is 11.6 Å². The van der Waals surface area contributed by atoms with E-state index in [1.807, 2.05) is 0 Å². The Bertz CT molecular complexity index is 877. The van der Waals surface area contributed by atoms with Crippen molar-refractivity contribution in [3.05, 3.63) is 58.6 Å². The first-order valence-electron chi connectivity index (χ1n) is 10.1. The molecule has 1 amide bonds. The minimum atomic E-state index is -1.10. The van der Waals surface area contributed by atoms with Crippen LogP contribution in [0.5, 0.6) is 17.2 Å². The maximum absolute atomic E-state index is 12.7. The molecule has 2 aromatic rings. The molecular weight excluding hydrogens is 386 g/mol. The van der Waals surface area contributed by atoms with E-state index in [1.54, 1.807) is 38.1 Å². The zero-order valence-electron chi connectivity index (χ0n) is 17.3. The second-order valence-corrected chi connectivity index (χ2v) is 7.72. The molecule has 8 nitrogen and oxygen atoms in total. The normalized spacial score (nSPS) is 14.3. The van der Waals surface area contributed by atoms with E-state index in [4.69, 9.17) is 9.47 Å². The van der Waals surface area contributed by atoms with E-state index >= 15 is 0 Å². The van der Waals surface area contributed by atoms with Gasteiger partial charge in [-0.1, -0.05) is 12.1 Å². The number of carbonyl (C=O) groups excluding carboxylic acids is 1. The molecule has 1 aliphatic heterocycles. The number of hydrogen-bond acceptors (Lipinski definition) is 6. The zero-order valence-corrected chi connectivity index (χ0v) is 17.3. The number of carbonyl (C=O) groups is 1. The van der Waals surface area contributed by atoms with E-state index in [0.717, 1.165) is 19.6 Å². The minimum absolute atomic E-state index is 0.0152. The van der Waals surface area contributed by atoms with Crippen molar-refractivity contribution in [1.29, 1.82) is 0 Å². The number of ether oxygens (including phenoxy) is 2. The molecule has 1 N–H and O–H groups in total. The van der Waals surface area contributed by atoms with Gasteiger partial charge < -0.3 is 19.7 Å². The molecule has 1 fully saturated rings. The molecule has 1 heterocycles. The number of nitro benzene ring substituents is 1. The van der Waals surface area contributed by atoms with Crippen LogP contribution in [-0.4, -0.2) is 47.5 Å². The van der Waals surface area contributed by atoms with Crippen molar-refractivity contribution >= 4 is 11.6 Å². The fourth-order valence-electron chi connectivity index (χ4n) is 3.25. The van der Waals surface area contributed by atoms with Crippen molar-refractivity contribution in [3.63, 3.8) is 0 Å². The van der Waals surface area contributed by atoms with Gasteiger partial charge in [-0.2, -0.15) is 0 Å². The number of likely N-dealkylation sites (tertiary alicyclic amines) is 1. The molecule has 2 aromatic carbocycles. The average Bonchev–Trinajstić information content (AvgIpc) is 3.23. The van der Waals surface area contributed by atoms with Gasteiger partial charge >= 0.3 is 0 Å². The van der Waals surface area contributed by atoms with Gasteiger partial charge in [0.15, 0.2) is 17.1 Å². The van der Waals surface area contributed by atoms with Gasteiger partial charge in [0.05, 0.1) is 4.92 Å². The first-order valence-corrected chi connectivity index (χ1v) is 10.1. The van der Waals surface area contributed by atoms with E-state index in [9.17, 15) is 14.9 Å². The van der Waals surface area contributed by atoms with Crippen LogP contribution in [0.1, 0.15) is 26.7 Å². The number of non-ortho nitro benzene ring substituents is 1. The molecule has 0 unspecified atom stereocenters. The number of para-hydroxylation sites is 2. The summed E-state index contributed by atoms with van der Waals surface area (Å²) in [6, 6.07) is 12.8. The van der Waals surface area contributed by atoms with Gasteiger partial charge in [0, 0.05) is 25.2 Å². The number of benzene rings is 2. The van der Waals surface area contributed by atoms with Crippen molar-refractivity contribution < 1.29 is 19.2 Å². The summed E-state index contributed by atoms with van der Waals surface area (Å²) in [4.78, 5) is 25.3. The Hall–Kier alpha value is -3.13. The maximum atomic E-state index is 12.7. The first kappa shape index (κ1) is 21.6. The Morgan fingerprint density at radius 1 is 1.10 bits per heavy atom. The van der Waals surface area contributed by atoms with Crippen LogP contribution in [0.25, 0.3) is 0 Å². The van der Waals surface area contributed by atoms with Crippen LogP contribution in [-0.2, 0) is 4.79 Å². The second kappa shape index (κ2) is 9.58. The number of nitro groups is 1. The Kier molecular flexibility index (Phi) is 6.89. The van der Waals surface area contributed by atoms with Crippen LogP contribution in [0.4, 0.5) is 5.69 Å². The van der Waals surface area contributed by atoms with E-state index in [2.05, 4.69) is 10.2 Å². The Balaban J connectivity index is 1.62. The molecule has 0 aromatic heterocycles. The quantitative estimate of drug-likeness (QED) is 0.497. The maximum Gasteiger partial charge on any atom is 0.269 e. The van der Waals surface area contributed by atoms with Gasteiger partial charge in [-0.25, -0.2) is 0 Å². The summed E-state index contributed by atoms with van der Waals surface area (Å²) in [5.41, 5.74) is -1.11. The minimum Gasteiger partial charge on any atom is -0.474 e. The standard InChI is InChI=1S/C22H27N3O5/c1-22(2,21(26)23-13-16-24-14-5-6-15-24)30-20-8-4-3-7-19(20)29-18-11-9-17(10-12-18)25(27)28/h3-4,7-12H,5-6,13-16H2,1-2H3,(H,23,26). The smallest absolute Gasteiger partial charge is 0.269 e. The fraction of sp³-hybridized carbons (Fsp3) is 0.409. The van der Waals surface area contributed by atoms with Crippen LogP contribution in [0.3, 0.4) is 0 Å². The molecule has 8 heteroatoms. The molecule has 30 heavy (non-hydrogen) atoms. The molecule has 1 saturated heterocycles. The lowest BCUT2D eigenvalue weighted by Gasteiger charge is -2.27. The van der Waals surface area contributed by atoms with Gasteiger partial charge in [-0.15, -0.1) is 0 Å². The molecule has 3 rings (SSSR count). The Morgan fingerprint density at radius 2 is 1.73 bits per heavy atom. The Labute approximate surface area is 175 Å². The van der Waals surface area contributed by atoms with Crippen molar-refractivity contribution in [3.8, 4) is 17.2 Å². The molecular formula is C22H27N3O5. The predicted molar refractivity (Wildman–Crippen MR) is 113 cm³/mol. The topological polar surface area (TPSA) is 93.9 Å². The fourth-order valence-corrected chi connectivity index (χ4v) is 3.25. The lowest BCUT2D eigenvalue weighted by atomic mass is 10.1. The van der Waals surface area contributed by atoms with E-state index in [-0.39, 0.29) is 11.6 Å². The number of rotatable bonds is 9. The van der Waals surface area contributed by atoms with E-state index < -0.39 is 10.5 Å². The third kappa shape index (κ3) is 5.70. The van der Waals surface area contributed by atoms with Gasteiger partial charge in [-0.3, -0.25) is 14.9 Å². The largest absolute Gasteiger partial charge is 0.474 e. The summed E-state index contributed by atoms with van der Waals surface area (Å²) in [6.07, 6.45) is 2.43. The highest BCUT2D eigenvalue weighted by atomic mass is 16.6. The molecule has 0 radical (unpaired) electrons. The number of nitrogens with zero attached hydrogens (tertiary/aromatic N) is 2. The van der Waals surface area contributed by atoms with E-state index in [0.29, 0.717) is 23.8 Å². The SMILES string of the molecule is CC(C)(Oc1ccccc1Oc1ccc([N+](=O)[O-])cc1)C(=O)NCCN1CCCC1. The van der Waals surface area contributed by atoms with Crippen molar-refractivity contribution in [1.82, 2.24) is 10.2 Å². The molecule has 0 saturated carbocycles. The third-order valence-electron chi connectivity index (χ3n) is 4.95. The zero-order chi connectivity index (χ0) is 21.6. The molecule has 160 valence electrons. The molecule has 0 spiro atoms. The molecule has 0 atom stereocenters. The first-order chi connectivity index (χ1) is 14.3. The summed E-state index contributed by atoms with van der Waals surface area (Å²) in [5, 5.41) is 13.7. The Morgan fingerprint density at radius 3 is 2.37 bits per heavy atom. The van der Waals surface area contributed by atoms with Gasteiger partial charge in [-0.05, 0) is 64.0 Å². The van der Waals surface area contributed by atoms with Gasteiger partial charge in [0.2, 0.25) is 0 Å². The number of amides is 1. The van der Waals surface area contributed by atoms with Crippen LogP contribution in [0.2, 0.25) is 0 Å². The van der Waals surface area contributed by atoms with Crippen LogP contribution in [0, 0.1) is 10.1 Å². The van der Waals surface area contributed by atoms with Crippen molar-refractivity contribution in [2.24, 2.45) is 0 Å². The monoisotopic (exact) mass is 413 g/mol. The van der Waals surface area contributed by atoms with Crippen molar-refractivity contribution in [2.75, 3.05) is 26.2 Å². The van der Waals surface area contributed by atoms with Crippen LogP contribution < -0.4 is 14.8 Å². The summed E-state index contributed by atoms with van der Waals surface area (Å²) in [5.74, 6) is 1.07. The summed E-state index contributed by atoms with van der Waals surface area (Å²) < 4.78 is 11.8. The highest BCUT2D eigenvalue weighted by molar-refractivity contribution is 5.84. The molecule has 0 aliphatic carbocycles. The van der Waals surface area contributed by atoms with E-state index in [1.165, 1.54) is 37.1 Å². The lowest BCUT2D eigenvalue weighted by molar-refractivity contribution is -0.384. The lowest BCUT2D eigenvalue weighted by Crippen LogP contribution is -2.48. The highest BCUT2D eigenvalue weighted by Gasteiger charge is 2.31. The molecule has 0 bridgehead atoms. The van der Waals surface area contributed by atoms with Crippen LogP contribution in [0.15, 0.2) is 48.5 Å². The number of hydrogen-bond donors (Lipinski definition) is 1. The third-order valence-corrected chi connectivity index (χ3v) is 4.95. The summed E-state index contributed by atoms with van der Waals surface area (Å²) in [6.45, 7) is 7.00. The average molecular weight is 413 g/mol. The second-order valence-electron chi connectivity index (χ2n) is 7.72. The summed E-state index contributed by atoms with van der Waals surface area (Å²) >= 11 is 0. The highest BCUT2D eigenvalue weighted by Crippen LogP contribution is 2.34.